The molecule has 1 aliphatic carbocycles. The number of rotatable bonds is 6. The number of ether oxygens (including phenoxy) is 1. The molecule has 1 amide bonds. The summed E-state index contributed by atoms with van der Waals surface area (Å²) in [6, 6.07) is 11.0. The number of carbonyl (C=O) groups is 1. The van der Waals surface area contributed by atoms with Gasteiger partial charge in [-0.1, -0.05) is 30.3 Å². The molecule has 1 spiro atoms. The van der Waals surface area contributed by atoms with Crippen LogP contribution in [0.2, 0.25) is 0 Å². The molecule has 1 aromatic rings. The third-order valence-electron chi connectivity index (χ3n) is 6.59. The molecule has 26 heavy (non-hydrogen) atoms. The lowest BCUT2D eigenvalue weighted by Crippen LogP contribution is -2.54. The molecule has 4 nitrogen and oxygen atoms in total. The first-order valence-electron chi connectivity index (χ1n) is 10.4. The van der Waals surface area contributed by atoms with Gasteiger partial charge in [-0.25, -0.2) is 0 Å². The lowest BCUT2D eigenvalue weighted by molar-refractivity contribution is -0.142. The van der Waals surface area contributed by atoms with E-state index < -0.39 is 0 Å². The number of piperidine rings is 2. The summed E-state index contributed by atoms with van der Waals surface area (Å²) in [7, 11) is 0. The molecule has 4 heteroatoms. The fraction of sp³-hybridized carbons (Fsp3) is 0.682. The minimum absolute atomic E-state index is 0.0560. The molecule has 142 valence electrons. The highest BCUT2D eigenvalue weighted by atomic mass is 16.5. The molecule has 0 radical (unpaired) electrons. The van der Waals surface area contributed by atoms with Gasteiger partial charge in [-0.05, 0) is 63.1 Å². The predicted molar refractivity (Wildman–Crippen MR) is 103 cm³/mol. The zero-order valence-electron chi connectivity index (χ0n) is 16.0. The molecule has 1 atom stereocenters. The zero-order valence-corrected chi connectivity index (χ0v) is 16.0. The van der Waals surface area contributed by atoms with Crippen molar-refractivity contribution in [2.45, 2.75) is 51.0 Å². The Morgan fingerprint density at radius 1 is 1.15 bits per heavy atom. The van der Waals surface area contributed by atoms with Crippen molar-refractivity contribution in [2.24, 2.45) is 5.41 Å². The highest BCUT2D eigenvalue weighted by Crippen LogP contribution is 2.48. The Hall–Kier alpha value is -1.39. The average molecular weight is 357 g/mol. The monoisotopic (exact) mass is 356 g/mol. The minimum Gasteiger partial charge on any atom is -0.380 e. The van der Waals surface area contributed by atoms with Crippen molar-refractivity contribution in [3.63, 3.8) is 0 Å². The fourth-order valence-electron chi connectivity index (χ4n) is 4.82. The van der Waals surface area contributed by atoms with Crippen LogP contribution in [0.4, 0.5) is 0 Å². The van der Waals surface area contributed by atoms with Crippen molar-refractivity contribution in [3.8, 4) is 0 Å². The number of likely N-dealkylation sites (tertiary alicyclic amines) is 2. The van der Waals surface area contributed by atoms with Crippen molar-refractivity contribution >= 4 is 5.91 Å². The van der Waals surface area contributed by atoms with Crippen LogP contribution in [0.1, 0.15) is 50.5 Å². The molecule has 1 aromatic carbocycles. The van der Waals surface area contributed by atoms with Crippen LogP contribution in [0, 0.1) is 5.41 Å². The first-order valence-corrected chi connectivity index (χ1v) is 10.4. The Bertz CT molecular complexity index is 606. The van der Waals surface area contributed by atoms with Gasteiger partial charge in [-0.3, -0.25) is 4.79 Å². The van der Waals surface area contributed by atoms with Crippen LogP contribution in [-0.2, 0) is 9.53 Å². The number of benzene rings is 1. The van der Waals surface area contributed by atoms with Crippen LogP contribution in [0.15, 0.2) is 30.3 Å². The van der Waals surface area contributed by atoms with Crippen LogP contribution in [0.5, 0.6) is 0 Å². The van der Waals surface area contributed by atoms with E-state index in [4.69, 9.17) is 4.74 Å². The summed E-state index contributed by atoms with van der Waals surface area (Å²) in [6.45, 7) is 8.00. The molecule has 0 N–H and O–H groups in total. The maximum Gasteiger partial charge on any atom is 0.230 e. The molecule has 4 rings (SSSR count). The summed E-state index contributed by atoms with van der Waals surface area (Å²) >= 11 is 0. The van der Waals surface area contributed by atoms with E-state index in [9.17, 15) is 4.79 Å². The normalized spacial score (nSPS) is 26.4. The van der Waals surface area contributed by atoms with E-state index in [0.717, 1.165) is 45.8 Å². The zero-order chi connectivity index (χ0) is 18.0. The Balaban J connectivity index is 1.47. The van der Waals surface area contributed by atoms with E-state index in [1.54, 1.807) is 0 Å². The highest BCUT2D eigenvalue weighted by molar-refractivity contribution is 5.85. The lowest BCUT2D eigenvalue weighted by Gasteiger charge is -2.50. The van der Waals surface area contributed by atoms with Gasteiger partial charge in [0.15, 0.2) is 0 Å². The first-order chi connectivity index (χ1) is 12.7. The van der Waals surface area contributed by atoms with Gasteiger partial charge in [-0.15, -0.1) is 0 Å². The van der Waals surface area contributed by atoms with Gasteiger partial charge in [0.1, 0.15) is 0 Å². The van der Waals surface area contributed by atoms with E-state index in [1.165, 1.54) is 31.2 Å². The molecular weight excluding hydrogens is 324 g/mol. The second kappa shape index (κ2) is 7.69. The maximum absolute atomic E-state index is 13.2. The largest absolute Gasteiger partial charge is 0.380 e. The Labute approximate surface area is 157 Å². The van der Waals surface area contributed by atoms with Crippen molar-refractivity contribution in [1.82, 2.24) is 9.80 Å². The summed E-state index contributed by atoms with van der Waals surface area (Å²) in [4.78, 5) is 18.0. The first kappa shape index (κ1) is 18.0. The Morgan fingerprint density at radius 2 is 1.88 bits per heavy atom. The van der Waals surface area contributed by atoms with Gasteiger partial charge in [0.05, 0.1) is 12.5 Å². The molecule has 2 heterocycles. The van der Waals surface area contributed by atoms with Crippen LogP contribution in [0.3, 0.4) is 0 Å². The molecule has 2 saturated heterocycles. The Kier molecular flexibility index (Phi) is 5.32. The number of carbonyl (C=O) groups excluding carboxylic acids is 1. The number of nitrogens with zero attached hydrogens (tertiary/aromatic N) is 2. The summed E-state index contributed by atoms with van der Waals surface area (Å²) in [6.07, 6.45) is 5.84. The summed E-state index contributed by atoms with van der Waals surface area (Å²) < 4.78 is 5.52. The van der Waals surface area contributed by atoms with Gasteiger partial charge >= 0.3 is 0 Å². The summed E-state index contributed by atoms with van der Waals surface area (Å²) in [5.41, 5.74) is 1.51. The van der Waals surface area contributed by atoms with Gasteiger partial charge < -0.3 is 14.5 Å². The van der Waals surface area contributed by atoms with Gasteiger partial charge in [-0.2, -0.15) is 0 Å². The molecular formula is C22H32N2O2. The van der Waals surface area contributed by atoms with Gasteiger partial charge in [0.25, 0.3) is 0 Å². The van der Waals surface area contributed by atoms with E-state index >= 15 is 0 Å². The summed E-state index contributed by atoms with van der Waals surface area (Å²) in [5, 5.41) is 0. The standard InChI is InChI=1S/C22H32N2O2/c1-2-26-15-14-23-12-10-22(11-13-23)16-20(18-6-4-3-5-7-18)21(25)24(17-22)19-8-9-19/h3-7,19-20H,2,8-17H2,1H3/t20-/m0/s1. The van der Waals surface area contributed by atoms with Crippen LogP contribution < -0.4 is 0 Å². The molecule has 0 unspecified atom stereocenters. The Morgan fingerprint density at radius 3 is 2.54 bits per heavy atom. The van der Waals surface area contributed by atoms with Gasteiger partial charge in [0.2, 0.25) is 5.91 Å². The molecule has 3 aliphatic rings. The fourth-order valence-corrected chi connectivity index (χ4v) is 4.82. The second-order valence-corrected chi connectivity index (χ2v) is 8.40. The van der Waals surface area contributed by atoms with Crippen LogP contribution in [0.25, 0.3) is 0 Å². The minimum atomic E-state index is 0.0560. The molecule has 2 aliphatic heterocycles. The topological polar surface area (TPSA) is 32.8 Å². The second-order valence-electron chi connectivity index (χ2n) is 8.40. The van der Waals surface area contributed by atoms with Crippen LogP contribution >= 0.6 is 0 Å². The van der Waals surface area contributed by atoms with Crippen LogP contribution in [-0.4, -0.2) is 61.1 Å². The predicted octanol–water partition coefficient (Wildman–Crippen LogP) is 3.28. The maximum atomic E-state index is 13.2. The summed E-state index contributed by atoms with van der Waals surface area (Å²) in [5.74, 6) is 0.434. The van der Waals surface area contributed by atoms with Crippen molar-refractivity contribution in [1.29, 1.82) is 0 Å². The number of hydrogen-bond donors (Lipinski definition) is 0. The number of hydrogen-bond acceptors (Lipinski definition) is 3. The number of amides is 1. The van der Waals surface area contributed by atoms with Crippen molar-refractivity contribution < 1.29 is 9.53 Å². The van der Waals surface area contributed by atoms with Gasteiger partial charge in [0, 0.05) is 25.7 Å². The van der Waals surface area contributed by atoms with Crippen molar-refractivity contribution in [3.05, 3.63) is 35.9 Å². The molecule has 0 aromatic heterocycles. The van der Waals surface area contributed by atoms with E-state index in [2.05, 4.69) is 41.0 Å². The average Bonchev–Trinajstić information content (AvgIpc) is 3.51. The lowest BCUT2D eigenvalue weighted by atomic mass is 9.67. The molecule has 1 saturated carbocycles. The SMILES string of the molecule is CCOCCN1CCC2(CC1)C[C@@H](c1ccccc1)C(=O)N(C1CC1)C2. The third-order valence-corrected chi connectivity index (χ3v) is 6.59. The highest BCUT2D eigenvalue weighted by Gasteiger charge is 2.49. The third kappa shape index (κ3) is 3.81. The smallest absolute Gasteiger partial charge is 0.230 e. The van der Waals surface area contributed by atoms with E-state index in [1.807, 2.05) is 6.07 Å². The molecule has 0 bridgehead atoms. The van der Waals surface area contributed by atoms with E-state index in [0.29, 0.717) is 17.4 Å². The molecule has 3 fully saturated rings. The van der Waals surface area contributed by atoms with E-state index in [-0.39, 0.29) is 5.92 Å². The van der Waals surface area contributed by atoms with Crippen molar-refractivity contribution in [2.75, 3.05) is 39.4 Å². The quantitative estimate of drug-likeness (QED) is 0.733.